The molecule has 2 aliphatic rings. The van der Waals surface area contributed by atoms with E-state index in [2.05, 4.69) is 11.3 Å². The van der Waals surface area contributed by atoms with Gasteiger partial charge in [0, 0.05) is 5.92 Å². The highest BCUT2D eigenvalue weighted by Gasteiger charge is 2.55. The lowest BCUT2D eigenvalue weighted by atomic mass is 10.1. The molecule has 0 aromatic rings. The molecule has 0 bridgehead atoms. The van der Waals surface area contributed by atoms with E-state index in [1.807, 2.05) is 13.0 Å². The highest BCUT2D eigenvalue weighted by Crippen LogP contribution is 2.48. The van der Waals surface area contributed by atoms with E-state index in [0.29, 0.717) is 25.2 Å². The summed E-state index contributed by atoms with van der Waals surface area (Å²) < 4.78 is 26.4. The van der Waals surface area contributed by atoms with E-state index < -0.39 is 14.8 Å². The molecule has 0 aliphatic heterocycles. The molecule has 2 aliphatic carbocycles. The number of carbonyl (C=O) groups is 1. The zero-order chi connectivity index (χ0) is 14.8. The second-order valence-electron chi connectivity index (χ2n) is 6.20. The van der Waals surface area contributed by atoms with Crippen LogP contribution in [-0.4, -0.2) is 19.1 Å². The normalized spacial score (nSPS) is 26.9. The molecule has 2 saturated carbocycles. The number of allylic oxidation sites excluding steroid dienone is 1. The molecule has 0 radical (unpaired) electrons. The van der Waals surface area contributed by atoms with Crippen LogP contribution >= 0.6 is 0 Å². The van der Waals surface area contributed by atoms with Crippen molar-refractivity contribution in [2.45, 2.75) is 63.0 Å². The third kappa shape index (κ3) is 3.25. The van der Waals surface area contributed by atoms with Crippen molar-refractivity contribution in [3.63, 3.8) is 0 Å². The van der Waals surface area contributed by atoms with Gasteiger partial charge in [-0.05, 0) is 44.4 Å². The predicted molar refractivity (Wildman–Crippen MR) is 79.6 cm³/mol. The number of hydrogen-bond acceptors (Lipinski definition) is 3. The zero-order valence-electron chi connectivity index (χ0n) is 12.2. The van der Waals surface area contributed by atoms with Crippen molar-refractivity contribution in [3.05, 3.63) is 12.7 Å². The van der Waals surface area contributed by atoms with Gasteiger partial charge in [0.15, 0.2) is 0 Å². The van der Waals surface area contributed by atoms with Crippen molar-refractivity contribution in [2.24, 2.45) is 11.8 Å². The van der Waals surface area contributed by atoms with Gasteiger partial charge in [0.05, 0.1) is 4.75 Å². The van der Waals surface area contributed by atoms with E-state index >= 15 is 0 Å². The predicted octanol–water partition coefficient (Wildman–Crippen LogP) is 2.76. The number of nitrogens with one attached hydrogen (secondary N) is 1. The molecule has 4 nitrogen and oxygen atoms in total. The number of sulfonamides is 1. The molecular formula is C15H25NO3S. The Kier molecular flexibility index (Phi) is 4.57. The van der Waals surface area contributed by atoms with Crippen molar-refractivity contribution < 1.29 is 13.2 Å². The number of hydrogen-bond donors (Lipinski definition) is 1. The van der Waals surface area contributed by atoms with Crippen molar-refractivity contribution in [3.8, 4) is 0 Å². The Morgan fingerprint density at radius 1 is 1.40 bits per heavy atom. The zero-order valence-corrected chi connectivity index (χ0v) is 13.0. The summed E-state index contributed by atoms with van der Waals surface area (Å²) in [5.74, 6) is 0.0218. The first kappa shape index (κ1) is 15.5. The van der Waals surface area contributed by atoms with E-state index in [1.165, 1.54) is 0 Å². The maximum absolute atomic E-state index is 12.4. The fraction of sp³-hybridized carbons (Fsp3) is 0.800. The fourth-order valence-electron chi connectivity index (χ4n) is 2.86. The lowest BCUT2D eigenvalue weighted by Crippen LogP contribution is -2.40. The molecule has 1 amide bonds. The van der Waals surface area contributed by atoms with Gasteiger partial charge in [-0.2, -0.15) is 0 Å². The average molecular weight is 299 g/mol. The molecule has 5 heteroatoms. The largest absolute Gasteiger partial charge is 0.274 e. The van der Waals surface area contributed by atoms with Gasteiger partial charge in [0.1, 0.15) is 0 Å². The molecule has 1 N–H and O–H groups in total. The minimum absolute atomic E-state index is 0.0775. The Bertz CT molecular complexity index is 479. The van der Waals surface area contributed by atoms with Crippen LogP contribution in [0.1, 0.15) is 58.3 Å². The maximum Gasteiger partial charge on any atom is 0.240 e. The van der Waals surface area contributed by atoms with Crippen LogP contribution in [0.15, 0.2) is 12.7 Å². The summed E-state index contributed by atoms with van der Waals surface area (Å²) in [4.78, 5) is 11.9. The van der Waals surface area contributed by atoms with Crippen LogP contribution in [0.25, 0.3) is 0 Å². The first-order chi connectivity index (χ1) is 9.46. The van der Waals surface area contributed by atoms with Crippen LogP contribution in [0.5, 0.6) is 0 Å². The quantitative estimate of drug-likeness (QED) is 0.526. The van der Waals surface area contributed by atoms with Gasteiger partial charge in [-0.25, -0.2) is 8.42 Å². The number of carbonyl (C=O) groups excluding carboxylic acids is 1. The molecule has 0 aromatic carbocycles. The summed E-state index contributed by atoms with van der Waals surface area (Å²) in [6.45, 7) is 5.70. The highest BCUT2D eigenvalue weighted by molar-refractivity contribution is 7.91. The third-order valence-corrected chi connectivity index (χ3v) is 6.91. The molecule has 20 heavy (non-hydrogen) atoms. The van der Waals surface area contributed by atoms with Crippen LogP contribution in [0.3, 0.4) is 0 Å². The summed E-state index contributed by atoms with van der Waals surface area (Å²) in [5, 5.41) is 0. The topological polar surface area (TPSA) is 63.2 Å². The van der Waals surface area contributed by atoms with E-state index in [-0.39, 0.29) is 11.8 Å². The van der Waals surface area contributed by atoms with E-state index in [0.717, 1.165) is 32.1 Å². The summed E-state index contributed by atoms with van der Waals surface area (Å²) in [5.41, 5.74) is 0. The Hall–Kier alpha value is -0.840. The van der Waals surface area contributed by atoms with E-state index in [1.54, 1.807) is 0 Å². The number of rotatable bonds is 9. The van der Waals surface area contributed by atoms with Gasteiger partial charge >= 0.3 is 0 Å². The Balaban J connectivity index is 1.86. The van der Waals surface area contributed by atoms with Gasteiger partial charge in [0.2, 0.25) is 15.9 Å². The van der Waals surface area contributed by atoms with Crippen molar-refractivity contribution in [2.75, 3.05) is 0 Å². The summed E-state index contributed by atoms with van der Waals surface area (Å²) >= 11 is 0. The summed E-state index contributed by atoms with van der Waals surface area (Å²) in [7, 11) is -3.50. The lowest BCUT2D eigenvalue weighted by Gasteiger charge is -2.16. The molecule has 2 atom stereocenters. The summed E-state index contributed by atoms with van der Waals surface area (Å²) in [6.07, 6.45) is 8.44. The minimum atomic E-state index is -3.50. The maximum atomic E-state index is 12.4. The van der Waals surface area contributed by atoms with Gasteiger partial charge in [-0.15, -0.1) is 6.58 Å². The number of amides is 1. The number of unbranched alkanes of at least 4 members (excludes halogenated alkanes) is 2. The minimum Gasteiger partial charge on any atom is -0.274 e. The molecule has 0 saturated heterocycles. The van der Waals surface area contributed by atoms with Crippen LogP contribution in [0.4, 0.5) is 0 Å². The van der Waals surface area contributed by atoms with Crippen LogP contribution < -0.4 is 4.72 Å². The third-order valence-electron chi connectivity index (χ3n) is 4.69. The van der Waals surface area contributed by atoms with Crippen molar-refractivity contribution >= 4 is 15.9 Å². The van der Waals surface area contributed by atoms with Crippen LogP contribution in [0, 0.1) is 11.8 Å². The van der Waals surface area contributed by atoms with Gasteiger partial charge in [-0.3, -0.25) is 9.52 Å². The second kappa shape index (κ2) is 5.88. The second-order valence-corrected chi connectivity index (χ2v) is 8.27. The average Bonchev–Trinajstić information content (AvgIpc) is 3.27. The van der Waals surface area contributed by atoms with Gasteiger partial charge < -0.3 is 0 Å². The SMILES string of the molecule is C=CCCCCC1(S(=O)(=O)NC(=O)C2CC2CC)CC1. The van der Waals surface area contributed by atoms with Gasteiger partial charge in [-0.1, -0.05) is 25.8 Å². The van der Waals surface area contributed by atoms with Crippen molar-refractivity contribution in [1.29, 1.82) is 0 Å². The Morgan fingerprint density at radius 2 is 2.10 bits per heavy atom. The van der Waals surface area contributed by atoms with Crippen LogP contribution in [-0.2, 0) is 14.8 Å². The Labute approximate surface area is 122 Å². The molecule has 0 aromatic heterocycles. The highest BCUT2D eigenvalue weighted by atomic mass is 32.2. The van der Waals surface area contributed by atoms with E-state index in [4.69, 9.17) is 0 Å². The smallest absolute Gasteiger partial charge is 0.240 e. The first-order valence-electron chi connectivity index (χ1n) is 7.63. The monoisotopic (exact) mass is 299 g/mol. The first-order valence-corrected chi connectivity index (χ1v) is 9.11. The molecule has 2 rings (SSSR count). The molecular weight excluding hydrogens is 274 g/mol. The molecule has 0 heterocycles. The summed E-state index contributed by atoms with van der Waals surface area (Å²) in [6, 6.07) is 0. The van der Waals surface area contributed by atoms with Crippen LogP contribution in [0.2, 0.25) is 0 Å². The molecule has 0 spiro atoms. The molecule has 2 unspecified atom stereocenters. The fourth-order valence-corrected chi connectivity index (χ4v) is 4.55. The van der Waals surface area contributed by atoms with Crippen molar-refractivity contribution in [1.82, 2.24) is 4.72 Å². The standard InChI is InChI=1S/C15H25NO3S/c1-3-5-6-7-8-15(9-10-15)20(18,19)16-14(17)13-11-12(13)4-2/h3,12-13H,1,4-11H2,2H3,(H,16,17). The molecule has 114 valence electrons. The van der Waals surface area contributed by atoms with Gasteiger partial charge in [0.25, 0.3) is 0 Å². The lowest BCUT2D eigenvalue weighted by molar-refractivity contribution is -0.120. The Morgan fingerprint density at radius 3 is 2.60 bits per heavy atom. The van der Waals surface area contributed by atoms with E-state index in [9.17, 15) is 13.2 Å². The molecule has 2 fully saturated rings.